The first-order valence-electron chi connectivity index (χ1n) is 8.36. The van der Waals surface area contributed by atoms with Crippen LogP contribution in [0.5, 0.6) is 0 Å². The molecule has 2 saturated carbocycles. The van der Waals surface area contributed by atoms with Gasteiger partial charge < -0.3 is 14.7 Å². The van der Waals surface area contributed by atoms with Gasteiger partial charge in [0.25, 0.3) is 0 Å². The lowest BCUT2D eigenvalue weighted by Gasteiger charge is -2.40. The average Bonchev–Trinajstić information content (AvgIpc) is 2.74. The maximum Gasteiger partial charge on any atom is 0.326 e. The van der Waals surface area contributed by atoms with E-state index in [-0.39, 0.29) is 35.4 Å². The van der Waals surface area contributed by atoms with E-state index in [1.54, 1.807) is 4.90 Å². The second kappa shape index (κ2) is 4.95. The van der Waals surface area contributed by atoms with E-state index in [1.807, 2.05) is 6.92 Å². The first kappa shape index (κ1) is 15.8. The number of fused-ring (bicyclic) bond motifs is 1. The van der Waals surface area contributed by atoms with Crippen molar-refractivity contribution in [2.24, 2.45) is 17.3 Å². The first-order valence-corrected chi connectivity index (χ1v) is 8.36. The third-order valence-corrected chi connectivity index (χ3v) is 6.14. The highest BCUT2D eigenvalue weighted by atomic mass is 16.5. The van der Waals surface area contributed by atoms with Gasteiger partial charge in [0, 0.05) is 12.5 Å². The predicted octanol–water partition coefficient (Wildman–Crippen LogP) is 2.29. The number of hydrogen-bond donors (Lipinski definition) is 1. The molecule has 0 radical (unpaired) electrons. The van der Waals surface area contributed by atoms with Crippen LogP contribution in [-0.2, 0) is 14.3 Å². The quantitative estimate of drug-likeness (QED) is 0.846. The van der Waals surface area contributed by atoms with Gasteiger partial charge in [0.15, 0.2) is 0 Å². The zero-order valence-corrected chi connectivity index (χ0v) is 14.0. The predicted molar refractivity (Wildman–Crippen MR) is 81.3 cm³/mol. The van der Waals surface area contributed by atoms with Gasteiger partial charge in [-0.15, -0.1) is 0 Å². The maximum atomic E-state index is 12.5. The Morgan fingerprint density at radius 2 is 1.95 bits per heavy atom. The molecule has 1 N–H and O–H groups in total. The number of rotatable bonds is 5. The Hall–Kier alpha value is -1.10. The Morgan fingerprint density at radius 3 is 2.45 bits per heavy atom. The molecule has 2 aliphatic carbocycles. The van der Waals surface area contributed by atoms with Gasteiger partial charge in [-0.2, -0.15) is 0 Å². The van der Waals surface area contributed by atoms with E-state index >= 15 is 0 Å². The Bertz CT molecular complexity index is 497. The summed E-state index contributed by atoms with van der Waals surface area (Å²) < 4.78 is 5.98. The number of carboxylic acids is 1. The molecule has 124 valence electrons. The first-order chi connectivity index (χ1) is 10.2. The molecule has 0 aromatic rings. The summed E-state index contributed by atoms with van der Waals surface area (Å²) in [5.74, 6) is -0.510. The topological polar surface area (TPSA) is 66.8 Å². The van der Waals surface area contributed by atoms with E-state index in [1.165, 1.54) is 6.42 Å². The van der Waals surface area contributed by atoms with Gasteiger partial charge in [0.05, 0.1) is 18.1 Å². The molecular formula is C17H27NO4. The lowest BCUT2D eigenvalue weighted by molar-refractivity contribution is -0.156. The lowest BCUT2D eigenvalue weighted by Crippen LogP contribution is -2.47. The van der Waals surface area contributed by atoms with E-state index in [4.69, 9.17) is 4.74 Å². The SMILES string of the molecule is C[C@H](CC(=O)N1C[C@H]2[C@@H]([C@H]1C(=O)O)C2(C)C)OC1(C)CCC1. The summed E-state index contributed by atoms with van der Waals surface area (Å²) in [6.45, 7) is 8.78. The molecular weight excluding hydrogens is 282 g/mol. The second-order valence-electron chi connectivity index (χ2n) is 8.22. The zero-order chi connectivity index (χ0) is 16.3. The van der Waals surface area contributed by atoms with Crippen molar-refractivity contribution in [2.75, 3.05) is 6.54 Å². The summed E-state index contributed by atoms with van der Waals surface area (Å²) >= 11 is 0. The van der Waals surface area contributed by atoms with Crippen molar-refractivity contribution in [1.82, 2.24) is 4.90 Å². The fourth-order valence-corrected chi connectivity index (χ4v) is 4.51. The van der Waals surface area contributed by atoms with Crippen LogP contribution in [0.4, 0.5) is 0 Å². The molecule has 1 saturated heterocycles. The highest BCUT2D eigenvalue weighted by Gasteiger charge is 2.69. The Morgan fingerprint density at radius 1 is 1.32 bits per heavy atom. The standard InChI is InChI=1S/C17H27NO4/c1-10(22-17(4)6-5-7-17)8-12(19)18-9-11-13(16(11,2)3)14(18)15(20)21/h10-11,13-14H,5-9H2,1-4H3,(H,20,21)/t10-,11+,13+,14+/m1/s1. The fourth-order valence-electron chi connectivity index (χ4n) is 4.51. The van der Waals surface area contributed by atoms with Crippen LogP contribution in [0.15, 0.2) is 0 Å². The normalized spacial score (nSPS) is 35.5. The van der Waals surface area contributed by atoms with E-state index in [9.17, 15) is 14.7 Å². The van der Waals surface area contributed by atoms with Gasteiger partial charge >= 0.3 is 5.97 Å². The zero-order valence-electron chi connectivity index (χ0n) is 14.0. The minimum absolute atomic E-state index is 0.0569. The molecule has 1 aliphatic heterocycles. The number of piperidine rings is 1. The summed E-state index contributed by atoms with van der Waals surface area (Å²) in [5.41, 5.74) is -0.0254. The van der Waals surface area contributed by atoms with Gasteiger partial charge in [-0.3, -0.25) is 4.79 Å². The Kier molecular flexibility index (Phi) is 3.55. The van der Waals surface area contributed by atoms with Gasteiger partial charge in [-0.25, -0.2) is 4.79 Å². The lowest BCUT2D eigenvalue weighted by atomic mass is 9.81. The van der Waals surface area contributed by atoms with Crippen molar-refractivity contribution in [3.8, 4) is 0 Å². The molecule has 4 atom stereocenters. The molecule has 22 heavy (non-hydrogen) atoms. The fraction of sp³-hybridized carbons (Fsp3) is 0.882. The Labute approximate surface area is 132 Å². The van der Waals surface area contributed by atoms with Crippen LogP contribution >= 0.6 is 0 Å². The third-order valence-electron chi connectivity index (χ3n) is 6.14. The minimum Gasteiger partial charge on any atom is -0.480 e. The van der Waals surface area contributed by atoms with Crippen LogP contribution in [0.1, 0.15) is 53.4 Å². The molecule has 3 aliphatic rings. The van der Waals surface area contributed by atoms with Crippen molar-refractivity contribution < 1.29 is 19.4 Å². The number of carboxylic acid groups (broad SMARTS) is 1. The summed E-state index contributed by atoms with van der Waals surface area (Å²) in [5, 5.41) is 9.50. The molecule has 0 aromatic carbocycles. The van der Waals surface area contributed by atoms with Crippen molar-refractivity contribution in [3.63, 3.8) is 0 Å². The molecule has 0 unspecified atom stereocenters. The number of aliphatic carboxylic acids is 1. The van der Waals surface area contributed by atoms with Gasteiger partial charge in [0.1, 0.15) is 6.04 Å². The van der Waals surface area contributed by atoms with Gasteiger partial charge in [-0.05, 0) is 44.4 Å². The number of ether oxygens (including phenoxy) is 1. The van der Waals surface area contributed by atoms with Crippen LogP contribution in [-0.4, -0.2) is 46.2 Å². The van der Waals surface area contributed by atoms with E-state index in [0.29, 0.717) is 12.5 Å². The smallest absolute Gasteiger partial charge is 0.326 e. The van der Waals surface area contributed by atoms with Crippen LogP contribution in [0.2, 0.25) is 0 Å². The van der Waals surface area contributed by atoms with E-state index in [0.717, 1.165) is 12.8 Å². The molecule has 1 amide bonds. The van der Waals surface area contributed by atoms with Crippen LogP contribution in [0.25, 0.3) is 0 Å². The third kappa shape index (κ3) is 2.43. The van der Waals surface area contributed by atoms with Crippen molar-refractivity contribution in [2.45, 2.75) is 71.1 Å². The van der Waals surface area contributed by atoms with Gasteiger partial charge in [-0.1, -0.05) is 13.8 Å². The summed E-state index contributed by atoms with van der Waals surface area (Å²) in [6.07, 6.45) is 3.40. The highest BCUT2D eigenvalue weighted by molar-refractivity contribution is 5.86. The molecule has 0 bridgehead atoms. The molecule has 5 heteroatoms. The summed E-state index contributed by atoms with van der Waals surface area (Å²) in [6, 6.07) is -0.654. The molecule has 1 heterocycles. The largest absolute Gasteiger partial charge is 0.480 e. The van der Waals surface area contributed by atoms with Crippen LogP contribution in [0, 0.1) is 17.3 Å². The maximum absolute atomic E-state index is 12.5. The van der Waals surface area contributed by atoms with Crippen molar-refractivity contribution in [3.05, 3.63) is 0 Å². The number of carbonyl (C=O) groups excluding carboxylic acids is 1. The molecule has 5 nitrogen and oxygen atoms in total. The number of likely N-dealkylation sites (tertiary alicyclic amines) is 1. The van der Waals surface area contributed by atoms with Gasteiger partial charge in [0.2, 0.25) is 5.91 Å². The summed E-state index contributed by atoms with van der Waals surface area (Å²) in [4.78, 5) is 25.7. The highest BCUT2D eigenvalue weighted by Crippen LogP contribution is 2.64. The molecule has 0 spiro atoms. The Balaban J connectivity index is 1.59. The van der Waals surface area contributed by atoms with Crippen LogP contribution in [0.3, 0.4) is 0 Å². The van der Waals surface area contributed by atoms with Crippen LogP contribution < -0.4 is 0 Å². The molecule has 3 rings (SSSR count). The molecule has 0 aromatic heterocycles. The number of nitrogens with zero attached hydrogens (tertiary/aromatic N) is 1. The van der Waals surface area contributed by atoms with Crippen molar-refractivity contribution >= 4 is 11.9 Å². The monoisotopic (exact) mass is 309 g/mol. The van der Waals surface area contributed by atoms with E-state index in [2.05, 4.69) is 20.8 Å². The average molecular weight is 309 g/mol. The second-order valence-corrected chi connectivity index (χ2v) is 8.22. The summed E-state index contributed by atoms with van der Waals surface area (Å²) in [7, 11) is 0. The number of hydrogen-bond acceptors (Lipinski definition) is 3. The van der Waals surface area contributed by atoms with Crippen molar-refractivity contribution in [1.29, 1.82) is 0 Å². The van der Waals surface area contributed by atoms with E-state index < -0.39 is 12.0 Å². The molecule has 3 fully saturated rings. The minimum atomic E-state index is -0.869. The number of carbonyl (C=O) groups is 2. The number of amides is 1.